The highest BCUT2D eigenvalue weighted by molar-refractivity contribution is 7.71. The van der Waals surface area contributed by atoms with Crippen LogP contribution in [0.4, 0.5) is 0 Å². The molecule has 0 amide bonds. The third-order valence-electron chi connectivity index (χ3n) is 2.59. The van der Waals surface area contributed by atoms with Crippen molar-refractivity contribution >= 4 is 12.2 Å². The molecule has 0 fully saturated rings. The molecule has 2 rings (SSSR count). The zero-order valence-electron chi connectivity index (χ0n) is 8.99. The molecular formula is C11H13N3OS. The molecule has 1 aromatic heterocycles. The summed E-state index contributed by atoms with van der Waals surface area (Å²) in [5, 5.41) is 5.11. The lowest BCUT2D eigenvalue weighted by Gasteiger charge is -2.06. The van der Waals surface area contributed by atoms with Crippen LogP contribution in [0.5, 0.6) is 0 Å². The van der Waals surface area contributed by atoms with Crippen molar-refractivity contribution < 1.29 is 0 Å². The first-order valence-corrected chi connectivity index (χ1v) is 5.57. The number of nitrogens with one attached hydrogen (secondary N) is 2. The van der Waals surface area contributed by atoms with Gasteiger partial charge in [-0.25, -0.2) is 9.89 Å². The summed E-state index contributed by atoms with van der Waals surface area (Å²) in [5.74, 6) is 0. The van der Waals surface area contributed by atoms with Crippen molar-refractivity contribution in [1.82, 2.24) is 14.8 Å². The molecule has 0 saturated heterocycles. The molecule has 4 nitrogen and oxygen atoms in total. The van der Waals surface area contributed by atoms with Gasteiger partial charge in [-0.2, -0.15) is 0 Å². The highest BCUT2D eigenvalue weighted by Gasteiger charge is 2.04. The van der Waals surface area contributed by atoms with Crippen molar-refractivity contribution in [3.63, 3.8) is 0 Å². The molecular weight excluding hydrogens is 222 g/mol. The standard InChI is InChI=1S/C11H13N3OS/c1-2-8-5-3-4-6-9(8)7-14-10(15)12-13-11(14)16/h3-6H,2,7H2,1H3,(H,12,15)(H,13,16). The number of benzene rings is 1. The normalized spacial score (nSPS) is 10.6. The topological polar surface area (TPSA) is 53.6 Å². The van der Waals surface area contributed by atoms with Crippen molar-refractivity contribution in [2.45, 2.75) is 19.9 Å². The van der Waals surface area contributed by atoms with Crippen LogP contribution in [0.3, 0.4) is 0 Å². The third kappa shape index (κ3) is 1.99. The summed E-state index contributed by atoms with van der Waals surface area (Å²) < 4.78 is 1.94. The molecule has 2 aromatic rings. The monoisotopic (exact) mass is 235 g/mol. The Balaban J connectivity index is 2.41. The van der Waals surface area contributed by atoms with Crippen LogP contribution in [-0.4, -0.2) is 14.8 Å². The molecule has 16 heavy (non-hydrogen) atoms. The van der Waals surface area contributed by atoms with E-state index in [4.69, 9.17) is 12.2 Å². The Labute approximate surface area is 97.9 Å². The highest BCUT2D eigenvalue weighted by Crippen LogP contribution is 2.10. The van der Waals surface area contributed by atoms with E-state index in [0.29, 0.717) is 11.3 Å². The average Bonchev–Trinajstić information content (AvgIpc) is 2.61. The van der Waals surface area contributed by atoms with E-state index in [2.05, 4.69) is 23.2 Å². The lowest BCUT2D eigenvalue weighted by atomic mass is 10.1. The van der Waals surface area contributed by atoms with E-state index >= 15 is 0 Å². The van der Waals surface area contributed by atoms with Gasteiger partial charge in [0.2, 0.25) is 0 Å². The van der Waals surface area contributed by atoms with Crippen LogP contribution in [-0.2, 0) is 13.0 Å². The second-order valence-corrected chi connectivity index (χ2v) is 3.96. The maximum absolute atomic E-state index is 11.5. The van der Waals surface area contributed by atoms with Gasteiger partial charge in [-0.05, 0) is 29.8 Å². The molecule has 84 valence electrons. The first-order chi connectivity index (χ1) is 7.72. The molecule has 0 bridgehead atoms. The number of aromatic nitrogens is 3. The summed E-state index contributed by atoms with van der Waals surface area (Å²) in [6, 6.07) is 8.06. The molecule has 0 saturated carbocycles. The quantitative estimate of drug-likeness (QED) is 0.798. The zero-order chi connectivity index (χ0) is 11.5. The SMILES string of the molecule is CCc1ccccc1Cn1c(=O)[nH][nH]c1=S. The molecule has 0 aliphatic heterocycles. The van der Waals surface area contributed by atoms with Gasteiger partial charge in [-0.15, -0.1) is 0 Å². The van der Waals surface area contributed by atoms with Gasteiger partial charge >= 0.3 is 5.69 Å². The molecule has 2 N–H and O–H groups in total. The van der Waals surface area contributed by atoms with Crippen molar-refractivity contribution in [3.8, 4) is 0 Å². The molecule has 0 aliphatic rings. The zero-order valence-corrected chi connectivity index (χ0v) is 9.80. The minimum Gasteiger partial charge on any atom is -0.272 e. The Kier molecular flexibility index (Phi) is 3.05. The summed E-state index contributed by atoms with van der Waals surface area (Å²) in [5.41, 5.74) is 2.17. The third-order valence-corrected chi connectivity index (χ3v) is 2.92. The summed E-state index contributed by atoms with van der Waals surface area (Å²) in [6.07, 6.45) is 0.950. The number of nitrogens with zero attached hydrogens (tertiary/aromatic N) is 1. The van der Waals surface area contributed by atoms with Gasteiger partial charge in [0.15, 0.2) is 4.77 Å². The van der Waals surface area contributed by atoms with Crippen LogP contribution in [0.1, 0.15) is 18.1 Å². The molecule has 1 aromatic carbocycles. The molecule has 0 atom stereocenters. The fourth-order valence-corrected chi connectivity index (χ4v) is 1.90. The second kappa shape index (κ2) is 4.49. The number of aryl methyl sites for hydroxylation is 1. The van der Waals surface area contributed by atoms with Crippen LogP contribution < -0.4 is 5.69 Å². The number of H-pyrrole nitrogens is 2. The Morgan fingerprint density at radius 2 is 1.94 bits per heavy atom. The number of rotatable bonds is 3. The summed E-state index contributed by atoms with van der Waals surface area (Å²) in [4.78, 5) is 11.5. The van der Waals surface area contributed by atoms with E-state index in [-0.39, 0.29) is 5.69 Å². The Bertz CT molecular complexity index is 566. The fourth-order valence-electron chi connectivity index (χ4n) is 1.70. The Morgan fingerprint density at radius 1 is 1.25 bits per heavy atom. The maximum Gasteiger partial charge on any atom is 0.342 e. The molecule has 0 radical (unpaired) electrons. The summed E-state index contributed by atoms with van der Waals surface area (Å²) in [7, 11) is 0. The van der Waals surface area contributed by atoms with Crippen molar-refractivity contribution in [1.29, 1.82) is 0 Å². The smallest absolute Gasteiger partial charge is 0.272 e. The predicted octanol–water partition coefficient (Wildman–Crippen LogP) is 1.84. The van der Waals surface area contributed by atoms with Gasteiger partial charge in [0.25, 0.3) is 0 Å². The van der Waals surface area contributed by atoms with E-state index in [0.717, 1.165) is 12.0 Å². The van der Waals surface area contributed by atoms with Crippen LogP contribution in [0, 0.1) is 4.77 Å². The maximum atomic E-state index is 11.5. The lowest BCUT2D eigenvalue weighted by molar-refractivity contribution is 0.743. The van der Waals surface area contributed by atoms with Gasteiger partial charge in [0.05, 0.1) is 6.54 Å². The largest absolute Gasteiger partial charge is 0.342 e. The van der Waals surface area contributed by atoms with Crippen molar-refractivity contribution in [3.05, 3.63) is 50.6 Å². The van der Waals surface area contributed by atoms with Crippen LogP contribution in [0.15, 0.2) is 29.1 Å². The predicted molar refractivity (Wildman–Crippen MR) is 65.2 cm³/mol. The van der Waals surface area contributed by atoms with Crippen molar-refractivity contribution in [2.75, 3.05) is 0 Å². The average molecular weight is 235 g/mol. The number of hydrogen-bond acceptors (Lipinski definition) is 2. The van der Waals surface area contributed by atoms with Crippen LogP contribution in [0.2, 0.25) is 0 Å². The van der Waals surface area contributed by atoms with Crippen LogP contribution in [0.25, 0.3) is 0 Å². The summed E-state index contributed by atoms with van der Waals surface area (Å²) >= 11 is 5.03. The van der Waals surface area contributed by atoms with E-state index in [1.165, 1.54) is 10.1 Å². The minimum atomic E-state index is -0.198. The van der Waals surface area contributed by atoms with Gasteiger partial charge in [0, 0.05) is 0 Å². The number of aromatic amines is 2. The lowest BCUT2D eigenvalue weighted by Crippen LogP contribution is -2.18. The Morgan fingerprint density at radius 3 is 2.50 bits per heavy atom. The van der Waals surface area contributed by atoms with Gasteiger partial charge in [0.1, 0.15) is 0 Å². The minimum absolute atomic E-state index is 0.198. The second-order valence-electron chi connectivity index (χ2n) is 3.57. The van der Waals surface area contributed by atoms with E-state index < -0.39 is 0 Å². The number of hydrogen-bond donors (Lipinski definition) is 2. The highest BCUT2D eigenvalue weighted by atomic mass is 32.1. The molecule has 5 heteroatoms. The van der Waals surface area contributed by atoms with Gasteiger partial charge in [-0.1, -0.05) is 31.2 Å². The molecule has 1 heterocycles. The molecule has 0 spiro atoms. The van der Waals surface area contributed by atoms with E-state index in [9.17, 15) is 4.79 Å². The molecule has 0 aliphatic carbocycles. The summed E-state index contributed by atoms with van der Waals surface area (Å²) in [6.45, 7) is 2.61. The van der Waals surface area contributed by atoms with Crippen molar-refractivity contribution in [2.24, 2.45) is 0 Å². The Hall–Kier alpha value is -1.62. The van der Waals surface area contributed by atoms with Gasteiger partial charge in [-0.3, -0.25) is 9.67 Å². The van der Waals surface area contributed by atoms with E-state index in [1.807, 2.05) is 18.2 Å². The fraction of sp³-hybridized carbons (Fsp3) is 0.273. The van der Waals surface area contributed by atoms with Crippen LogP contribution >= 0.6 is 12.2 Å². The molecule has 0 unspecified atom stereocenters. The van der Waals surface area contributed by atoms with E-state index in [1.54, 1.807) is 0 Å². The van der Waals surface area contributed by atoms with Gasteiger partial charge < -0.3 is 0 Å². The first-order valence-electron chi connectivity index (χ1n) is 5.16. The first kappa shape index (κ1) is 10.9.